The van der Waals surface area contributed by atoms with Gasteiger partial charge in [-0.25, -0.2) is 5.87 Å². The monoisotopic (exact) mass is 440 g/mol. The van der Waals surface area contributed by atoms with Crippen molar-refractivity contribution in [3.05, 3.63) is 92.3 Å². The van der Waals surface area contributed by atoms with E-state index < -0.39 is 22.6 Å². The Kier molecular flexibility index (Phi) is 5.53. The number of hydrogen-bond donors (Lipinski definition) is 2. The van der Waals surface area contributed by atoms with E-state index in [2.05, 4.69) is 11.4 Å². The maximum Gasteiger partial charge on any atom is 0.269 e. The van der Waals surface area contributed by atoms with Crippen LogP contribution in [0.5, 0.6) is 0 Å². The van der Waals surface area contributed by atoms with E-state index in [-0.39, 0.29) is 28.4 Å². The quantitative estimate of drug-likeness (QED) is 0.240. The number of rotatable bonds is 5. The number of nitrogens with one attached hydrogen (secondary N) is 1. The molecule has 1 saturated carbocycles. The third kappa shape index (κ3) is 3.66. The summed E-state index contributed by atoms with van der Waals surface area (Å²) >= 11 is 0. The number of hydrogen-bond acceptors (Lipinski definition) is 6. The highest BCUT2D eigenvalue weighted by molar-refractivity contribution is 5.74. The van der Waals surface area contributed by atoms with E-state index in [4.69, 9.17) is 0 Å². The Balaban J connectivity index is 2.04. The Morgan fingerprint density at radius 2 is 1.97 bits per heavy atom. The van der Waals surface area contributed by atoms with Crippen molar-refractivity contribution in [1.29, 1.82) is 10.5 Å². The van der Waals surface area contributed by atoms with Crippen LogP contribution in [-0.2, 0) is 0 Å². The Labute approximate surface area is 190 Å². The van der Waals surface area contributed by atoms with Crippen LogP contribution in [0.15, 0.2) is 65.5 Å². The van der Waals surface area contributed by atoms with Crippen molar-refractivity contribution in [3.8, 4) is 12.1 Å². The van der Waals surface area contributed by atoms with Crippen LogP contribution < -0.4 is 9.88 Å². The van der Waals surface area contributed by atoms with Crippen LogP contribution in [0.25, 0.3) is 5.41 Å². The van der Waals surface area contributed by atoms with Gasteiger partial charge in [0.1, 0.15) is 6.07 Å². The molecule has 9 nitrogen and oxygen atoms in total. The van der Waals surface area contributed by atoms with Crippen molar-refractivity contribution < 1.29 is 14.6 Å². The van der Waals surface area contributed by atoms with E-state index in [1.807, 2.05) is 47.8 Å². The molecule has 0 spiro atoms. The topological polar surface area (TPSA) is 149 Å². The number of aliphatic hydroxyl groups is 1. The first-order valence-corrected chi connectivity index (χ1v) is 10.4. The molecule has 2 heterocycles. The first kappa shape index (κ1) is 21.9. The second-order valence-electron chi connectivity index (χ2n) is 8.24. The molecule has 0 bridgehead atoms. The summed E-state index contributed by atoms with van der Waals surface area (Å²) in [5.41, 5.74) is -0.441. The minimum absolute atomic E-state index is 0.00527. The van der Waals surface area contributed by atoms with Crippen molar-refractivity contribution in [2.45, 2.75) is 37.5 Å². The molecular weight excluding hydrogens is 420 g/mol. The first-order valence-electron chi connectivity index (χ1n) is 10.4. The summed E-state index contributed by atoms with van der Waals surface area (Å²) in [7, 11) is 0. The van der Waals surface area contributed by atoms with Gasteiger partial charge in [0.15, 0.2) is 11.9 Å². The van der Waals surface area contributed by atoms with Crippen LogP contribution in [0, 0.1) is 45.6 Å². The third-order valence-corrected chi connectivity index (χ3v) is 6.33. The number of nitriles is 2. The summed E-state index contributed by atoms with van der Waals surface area (Å²) in [6.07, 6.45) is 3.29. The van der Waals surface area contributed by atoms with Gasteiger partial charge >= 0.3 is 0 Å². The molecule has 2 aromatic rings. The average Bonchev–Trinajstić information content (AvgIpc) is 3.66. The van der Waals surface area contributed by atoms with E-state index in [1.165, 1.54) is 12.1 Å². The predicted octanol–water partition coefficient (Wildman–Crippen LogP) is 2.68. The van der Waals surface area contributed by atoms with Gasteiger partial charge in [-0.1, -0.05) is 18.2 Å². The predicted molar refractivity (Wildman–Crippen MR) is 117 cm³/mol. The number of nitrogens with zero attached hydrogens (tertiary/aromatic N) is 5. The van der Waals surface area contributed by atoms with Gasteiger partial charge in [0.2, 0.25) is 11.8 Å². The Hall–Kier alpha value is -4.30. The summed E-state index contributed by atoms with van der Waals surface area (Å²) in [5, 5.41) is 55.4. The normalized spacial score (nSPS) is 24.1. The van der Waals surface area contributed by atoms with Crippen molar-refractivity contribution in [3.63, 3.8) is 0 Å². The number of aryl methyl sites for hydroxylation is 1. The van der Waals surface area contributed by atoms with E-state index in [0.717, 1.165) is 18.5 Å². The highest BCUT2D eigenvalue weighted by Gasteiger charge is 2.61. The van der Waals surface area contributed by atoms with Gasteiger partial charge < -0.3 is 15.8 Å². The van der Waals surface area contributed by atoms with Crippen molar-refractivity contribution in [1.82, 2.24) is 5.32 Å². The summed E-state index contributed by atoms with van der Waals surface area (Å²) in [6, 6.07) is 14.6. The molecule has 2 aliphatic rings. The zero-order chi connectivity index (χ0) is 23.8. The molecule has 4 rings (SSSR count). The van der Waals surface area contributed by atoms with Crippen molar-refractivity contribution in [2.24, 2.45) is 5.92 Å². The molecule has 0 radical (unpaired) electrons. The lowest BCUT2D eigenvalue weighted by Crippen LogP contribution is -2.66. The zero-order valence-electron chi connectivity index (χ0n) is 17.8. The van der Waals surface area contributed by atoms with Crippen LogP contribution in [0.1, 0.15) is 36.1 Å². The van der Waals surface area contributed by atoms with Crippen LogP contribution in [-0.4, -0.2) is 21.6 Å². The highest BCUT2D eigenvalue weighted by Crippen LogP contribution is 2.52. The van der Waals surface area contributed by atoms with Gasteiger partial charge in [0, 0.05) is 37.1 Å². The SMILES string of the molecule is Cc1cccc[n+]1[C@@H]1[C@@H](c2ccc([N+](=O)[O-])cc2)C(C#N)=C(C(=C=[N-])C#N)N[C@@]1(O)C1CC1. The summed E-state index contributed by atoms with van der Waals surface area (Å²) in [5.74, 6) is 0.895. The van der Waals surface area contributed by atoms with Crippen LogP contribution >= 0.6 is 0 Å². The highest BCUT2D eigenvalue weighted by atomic mass is 16.6. The number of benzene rings is 1. The standard InChI is InChI=1S/C24H20N6O3/c1-15-4-2-3-11-29(15)23-21(16-5-9-19(10-6-16)30(32)33)20(14-27)22(17(12-25)13-26)28-24(23,31)18-7-8-18/h2-6,9-11,18,21,23,28,31H,7-8H2,1H3/t21-,23+,24+/m0/s1. The third-order valence-electron chi connectivity index (χ3n) is 6.33. The molecule has 0 saturated heterocycles. The minimum atomic E-state index is -1.56. The lowest BCUT2D eigenvalue weighted by Gasteiger charge is -2.43. The van der Waals surface area contributed by atoms with Crippen molar-refractivity contribution in [2.75, 3.05) is 0 Å². The minimum Gasteiger partial charge on any atom is -0.762 e. The van der Waals surface area contributed by atoms with Gasteiger partial charge in [0.05, 0.1) is 33.8 Å². The molecule has 0 amide bonds. The van der Waals surface area contributed by atoms with Crippen molar-refractivity contribution >= 4 is 11.6 Å². The number of nitro groups is 1. The first-order chi connectivity index (χ1) is 15.8. The molecule has 1 aliphatic carbocycles. The smallest absolute Gasteiger partial charge is 0.269 e. The lowest BCUT2D eigenvalue weighted by atomic mass is 9.73. The van der Waals surface area contributed by atoms with Gasteiger partial charge in [-0.3, -0.25) is 10.1 Å². The van der Waals surface area contributed by atoms with E-state index in [0.29, 0.717) is 5.56 Å². The summed E-state index contributed by atoms with van der Waals surface area (Å²) in [6.45, 7) is 1.88. The maximum absolute atomic E-state index is 12.0. The number of pyridine rings is 1. The molecule has 1 aliphatic heterocycles. The molecule has 1 aromatic heterocycles. The largest absolute Gasteiger partial charge is 0.762 e. The lowest BCUT2D eigenvalue weighted by molar-refractivity contribution is -0.747. The fraction of sp³-hybridized carbons (Fsp3) is 0.292. The van der Waals surface area contributed by atoms with Gasteiger partial charge in [-0.15, -0.1) is 0 Å². The van der Waals surface area contributed by atoms with Crippen LogP contribution in [0.2, 0.25) is 0 Å². The number of aromatic nitrogens is 1. The molecule has 1 aromatic carbocycles. The molecule has 1 fully saturated rings. The maximum atomic E-state index is 12.0. The number of nitro benzene ring substituents is 1. The van der Waals surface area contributed by atoms with Crippen LogP contribution in [0.3, 0.4) is 0 Å². The van der Waals surface area contributed by atoms with Gasteiger partial charge in [-0.2, -0.15) is 15.1 Å². The average molecular weight is 440 g/mol. The molecule has 0 unspecified atom stereocenters. The number of non-ortho nitro benzene ring substituents is 1. The molecule has 3 atom stereocenters. The van der Waals surface area contributed by atoms with E-state index in [1.54, 1.807) is 12.1 Å². The zero-order valence-corrected chi connectivity index (χ0v) is 17.8. The van der Waals surface area contributed by atoms with Gasteiger partial charge in [0.25, 0.3) is 5.69 Å². The Morgan fingerprint density at radius 3 is 2.48 bits per heavy atom. The summed E-state index contributed by atoms with van der Waals surface area (Å²) in [4.78, 5) is 10.7. The molecule has 9 heteroatoms. The molecule has 164 valence electrons. The van der Waals surface area contributed by atoms with E-state index >= 15 is 0 Å². The van der Waals surface area contributed by atoms with Crippen LogP contribution in [0.4, 0.5) is 5.69 Å². The fourth-order valence-corrected chi connectivity index (χ4v) is 4.61. The Bertz CT molecular complexity index is 1290. The molecule has 33 heavy (non-hydrogen) atoms. The number of allylic oxidation sites excluding steroid dienone is 2. The second-order valence-corrected chi connectivity index (χ2v) is 8.24. The molecule has 2 N–H and O–H groups in total. The van der Waals surface area contributed by atoms with E-state index in [9.17, 15) is 31.2 Å². The van der Waals surface area contributed by atoms with Gasteiger partial charge in [-0.05, 0) is 18.4 Å². The Morgan fingerprint density at radius 1 is 1.27 bits per heavy atom. The molecular formula is C24H20N6O3. The fourth-order valence-electron chi connectivity index (χ4n) is 4.61. The summed E-state index contributed by atoms with van der Waals surface area (Å²) < 4.78 is 1.88. The second kappa shape index (κ2) is 8.33.